The molecule has 0 unspecified atom stereocenters. The molecule has 1 N–H and O–H groups in total. The molecule has 1 aliphatic rings. The van der Waals surface area contributed by atoms with Crippen molar-refractivity contribution in [3.8, 4) is 10.6 Å². The fraction of sp³-hybridized carbons (Fsp3) is 0.333. The first-order valence-corrected chi connectivity index (χ1v) is 11.3. The largest absolute Gasteiger partial charge is 0.352 e. The van der Waals surface area contributed by atoms with Crippen LogP contribution in [-0.2, 0) is 24.3 Å². The van der Waals surface area contributed by atoms with Crippen molar-refractivity contribution < 1.29 is 4.79 Å². The van der Waals surface area contributed by atoms with Crippen LogP contribution in [0.3, 0.4) is 0 Å². The van der Waals surface area contributed by atoms with Crippen molar-refractivity contribution in [2.75, 3.05) is 33.2 Å². The van der Waals surface area contributed by atoms with Crippen LogP contribution >= 0.6 is 11.3 Å². The number of aromatic nitrogens is 1. The number of hydrogen-bond acceptors (Lipinski definition) is 5. The molecule has 3 aromatic rings. The molecule has 0 saturated carbocycles. The molecule has 6 heteroatoms. The number of carbonyl (C=O) groups excluding carboxylic acids is 1. The van der Waals surface area contributed by atoms with Crippen molar-refractivity contribution in [1.82, 2.24) is 20.1 Å². The molecule has 5 nitrogen and oxygen atoms in total. The summed E-state index contributed by atoms with van der Waals surface area (Å²) in [6, 6.07) is 18.6. The number of nitrogens with one attached hydrogen (secondary N) is 1. The predicted molar refractivity (Wildman–Crippen MR) is 122 cm³/mol. The van der Waals surface area contributed by atoms with E-state index in [0.29, 0.717) is 13.0 Å². The third kappa shape index (κ3) is 5.75. The number of amides is 1. The van der Waals surface area contributed by atoms with Gasteiger partial charge in [-0.25, -0.2) is 4.98 Å². The van der Waals surface area contributed by atoms with Crippen LogP contribution in [0, 0.1) is 0 Å². The first-order chi connectivity index (χ1) is 14.7. The van der Waals surface area contributed by atoms with E-state index in [1.807, 2.05) is 35.7 Å². The molecule has 1 amide bonds. The van der Waals surface area contributed by atoms with Crippen LogP contribution in [0.2, 0.25) is 0 Å². The molecule has 0 atom stereocenters. The van der Waals surface area contributed by atoms with Gasteiger partial charge in [0.05, 0.1) is 12.1 Å². The highest BCUT2D eigenvalue weighted by atomic mass is 32.1. The van der Waals surface area contributed by atoms with Crippen molar-refractivity contribution in [1.29, 1.82) is 0 Å². The van der Waals surface area contributed by atoms with E-state index >= 15 is 0 Å². The van der Waals surface area contributed by atoms with Crippen molar-refractivity contribution in [2.45, 2.75) is 19.5 Å². The van der Waals surface area contributed by atoms with E-state index in [0.717, 1.165) is 54.6 Å². The van der Waals surface area contributed by atoms with Crippen LogP contribution in [0.15, 0.2) is 60.0 Å². The van der Waals surface area contributed by atoms with Gasteiger partial charge < -0.3 is 10.2 Å². The molecule has 1 aliphatic heterocycles. The minimum absolute atomic E-state index is 0.000444. The van der Waals surface area contributed by atoms with E-state index in [-0.39, 0.29) is 5.91 Å². The molecule has 0 spiro atoms. The molecule has 1 fully saturated rings. The fourth-order valence-corrected chi connectivity index (χ4v) is 4.43. The highest BCUT2D eigenvalue weighted by molar-refractivity contribution is 7.13. The number of nitrogens with zero attached hydrogens (tertiary/aromatic N) is 3. The smallest absolute Gasteiger partial charge is 0.226 e. The predicted octanol–water partition coefficient (Wildman–Crippen LogP) is 3.42. The second-order valence-electron chi connectivity index (χ2n) is 7.86. The molecule has 0 radical (unpaired) electrons. The number of thiazole rings is 1. The van der Waals surface area contributed by atoms with Crippen LogP contribution < -0.4 is 5.32 Å². The van der Waals surface area contributed by atoms with Gasteiger partial charge in [0.2, 0.25) is 5.91 Å². The van der Waals surface area contributed by atoms with E-state index in [2.05, 4.69) is 46.4 Å². The minimum atomic E-state index is -0.000444. The van der Waals surface area contributed by atoms with Crippen LogP contribution in [0.5, 0.6) is 0 Å². The summed E-state index contributed by atoms with van der Waals surface area (Å²) >= 11 is 1.60. The van der Waals surface area contributed by atoms with E-state index in [1.165, 1.54) is 5.56 Å². The number of carbonyl (C=O) groups is 1. The second-order valence-corrected chi connectivity index (χ2v) is 8.72. The zero-order valence-electron chi connectivity index (χ0n) is 17.4. The van der Waals surface area contributed by atoms with Crippen molar-refractivity contribution in [3.05, 3.63) is 76.8 Å². The maximum absolute atomic E-state index is 12.3. The quantitative estimate of drug-likeness (QED) is 0.636. The Balaban J connectivity index is 1.33. The third-order valence-corrected chi connectivity index (χ3v) is 6.34. The van der Waals surface area contributed by atoms with Gasteiger partial charge in [-0.1, -0.05) is 48.5 Å². The Morgan fingerprint density at radius 1 is 1.03 bits per heavy atom. The van der Waals surface area contributed by atoms with Gasteiger partial charge in [-0.3, -0.25) is 9.69 Å². The maximum atomic E-state index is 12.3. The van der Waals surface area contributed by atoms with E-state index in [1.54, 1.807) is 11.3 Å². The summed E-state index contributed by atoms with van der Waals surface area (Å²) in [6.07, 6.45) is 0.310. The average molecular weight is 421 g/mol. The Labute approximate surface area is 182 Å². The molecule has 1 saturated heterocycles. The minimum Gasteiger partial charge on any atom is -0.352 e. The van der Waals surface area contributed by atoms with Gasteiger partial charge in [0, 0.05) is 50.2 Å². The Bertz CT molecular complexity index is 964. The van der Waals surface area contributed by atoms with Gasteiger partial charge in [0.1, 0.15) is 5.01 Å². The third-order valence-electron chi connectivity index (χ3n) is 5.40. The Kier molecular flexibility index (Phi) is 6.89. The summed E-state index contributed by atoms with van der Waals surface area (Å²) in [4.78, 5) is 21.9. The SMILES string of the molecule is CN1CCN(Cc2cccc(-c3nc(CC(=O)NCc4ccccc4)cs3)c2)CC1. The molecule has 0 aliphatic carbocycles. The second kappa shape index (κ2) is 9.98. The Morgan fingerprint density at radius 3 is 2.60 bits per heavy atom. The molecule has 2 heterocycles. The van der Waals surface area contributed by atoms with Crippen LogP contribution in [0.4, 0.5) is 0 Å². The average Bonchev–Trinajstić information content (AvgIpc) is 3.23. The van der Waals surface area contributed by atoms with Gasteiger partial charge in [0.15, 0.2) is 0 Å². The number of hydrogen-bond donors (Lipinski definition) is 1. The van der Waals surface area contributed by atoms with Gasteiger partial charge >= 0.3 is 0 Å². The van der Waals surface area contributed by atoms with Gasteiger partial charge in [-0.05, 0) is 24.2 Å². The van der Waals surface area contributed by atoms with E-state index in [9.17, 15) is 4.79 Å². The van der Waals surface area contributed by atoms with Gasteiger partial charge in [-0.15, -0.1) is 11.3 Å². The molecule has 2 aromatic carbocycles. The number of rotatable bonds is 7. The van der Waals surface area contributed by atoms with Gasteiger partial charge in [0.25, 0.3) is 0 Å². The summed E-state index contributed by atoms with van der Waals surface area (Å²) in [5.41, 5.74) is 4.36. The molecule has 0 bridgehead atoms. The van der Waals surface area contributed by atoms with Crippen molar-refractivity contribution >= 4 is 17.2 Å². The summed E-state index contributed by atoms with van der Waals surface area (Å²) in [5.74, 6) is -0.000444. The van der Waals surface area contributed by atoms with Crippen LogP contribution in [-0.4, -0.2) is 53.9 Å². The lowest BCUT2D eigenvalue weighted by atomic mass is 10.1. The first-order valence-electron chi connectivity index (χ1n) is 10.4. The normalized spacial score (nSPS) is 15.2. The number of piperazine rings is 1. The van der Waals surface area contributed by atoms with Crippen LogP contribution in [0.25, 0.3) is 10.6 Å². The molecule has 1 aromatic heterocycles. The molecule has 4 rings (SSSR count). The lowest BCUT2D eigenvalue weighted by Crippen LogP contribution is -2.43. The van der Waals surface area contributed by atoms with Crippen molar-refractivity contribution in [3.63, 3.8) is 0 Å². The summed E-state index contributed by atoms with van der Waals surface area (Å²) in [7, 11) is 2.18. The number of likely N-dealkylation sites (N-methyl/N-ethyl adjacent to an activating group) is 1. The first kappa shape index (κ1) is 20.7. The zero-order valence-corrected chi connectivity index (χ0v) is 18.2. The molecule has 156 valence electrons. The van der Waals surface area contributed by atoms with E-state index < -0.39 is 0 Å². The standard InChI is InChI=1S/C24H28N4OS/c1-27-10-12-28(13-11-27)17-20-8-5-9-21(14-20)24-26-22(18-30-24)15-23(29)25-16-19-6-3-2-4-7-19/h2-9,14,18H,10-13,15-17H2,1H3,(H,25,29). The Morgan fingerprint density at radius 2 is 1.80 bits per heavy atom. The summed E-state index contributed by atoms with van der Waals surface area (Å²) in [6.45, 7) is 6.00. The topological polar surface area (TPSA) is 48.5 Å². The maximum Gasteiger partial charge on any atom is 0.226 e. The lowest BCUT2D eigenvalue weighted by molar-refractivity contribution is -0.120. The summed E-state index contributed by atoms with van der Waals surface area (Å²) in [5, 5.41) is 5.93. The highest BCUT2D eigenvalue weighted by Gasteiger charge is 2.15. The van der Waals surface area contributed by atoms with Crippen LogP contribution in [0.1, 0.15) is 16.8 Å². The zero-order chi connectivity index (χ0) is 20.8. The fourth-order valence-electron chi connectivity index (χ4n) is 3.61. The molecular formula is C24H28N4OS. The van der Waals surface area contributed by atoms with Crippen molar-refractivity contribution in [2.24, 2.45) is 0 Å². The molecule has 30 heavy (non-hydrogen) atoms. The monoisotopic (exact) mass is 420 g/mol. The number of benzene rings is 2. The molecular weight excluding hydrogens is 392 g/mol. The van der Waals surface area contributed by atoms with Gasteiger partial charge in [-0.2, -0.15) is 0 Å². The van der Waals surface area contributed by atoms with E-state index in [4.69, 9.17) is 4.98 Å². The lowest BCUT2D eigenvalue weighted by Gasteiger charge is -2.32. The highest BCUT2D eigenvalue weighted by Crippen LogP contribution is 2.25. The summed E-state index contributed by atoms with van der Waals surface area (Å²) < 4.78 is 0. The Hall–Kier alpha value is -2.54.